The Balaban J connectivity index is 1.49. The lowest BCUT2D eigenvalue weighted by molar-refractivity contribution is -0.163. The van der Waals surface area contributed by atoms with Gasteiger partial charge in [0, 0.05) is 17.7 Å². The first-order chi connectivity index (χ1) is 15.1. The molecule has 0 saturated heterocycles. The van der Waals surface area contributed by atoms with Crippen LogP contribution >= 0.6 is 0 Å². The van der Waals surface area contributed by atoms with Crippen LogP contribution in [0.1, 0.15) is 36.5 Å². The molecule has 3 heterocycles. The molecule has 1 aromatic rings. The van der Waals surface area contributed by atoms with Crippen molar-refractivity contribution in [1.29, 1.82) is 0 Å². The molecular weight excluding hydrogens is 424 g/mol. The van der Waals surface area contributed by atoms with E-state index < -0.39 is 19.9 Å². The second-order valence-electron chi connectivity index (χ2n) is 9.62. The monoisotopic (exact) mass is 452 g/mol. The average molecular weight is 453 g/mol. The van der Waals surface area contributed by atoms with Crippen LogP contribution in [0.5, 0.6) is 0 Å². The lowest BCUT2D eigenvalue weighted by Crippen LogP contribution is -2.48. The van der Waals surface area contributed by atoms with E-state index in [0.717, 1.165) is 35.1 Å². The van der Waals surface area contributed by atoms with Crippen LogP contribution in [0.2, 0.25) is 19.1 Å². The van der Waals surface area contributed by atoms with Crippen LogP contribution in [0.3, 0.4) is 0 Å². The zero-order valence-corrected chi connectivity index (χ0v) is 19.6. The van der Waals surface area contributed by atoms with Crippen LogP contribution in [0.25, 0.3) is 6.08 Å². The molecule has 8 heteroatoms. The molecule has 1 atom stereocenters. The number of carbonyl (C=O) groups is 2. The van der Waals surface area contributed by atoms with E-state index in [4.69, 9.17) is 4.74 Å². The molecule has 32 heavy (non-hydrogen) atoms. The fourth-order valence-electron chi connectivity index (χ4n) is 5.04. The number of fused-ring (bicyclic) bond motifs is 3. The van der Waals surface area contributed by atoms with E-state index in [1.54, 1.807) is 6.92 Å². The van der Waals surface area contributed by atoms with E-state index in [1.807, 2.05) is 30.1 Å². The topological polar surface area (TPSA) is 99.1 Å². The van der Waals surface area contributed by atoms with Gasteiger partial charge >= 0.3 is 5.97 Å². The summed E-state index contributed by atoms with van der Waals surface area (Å²) >= 11 is 0. The largest absolute Gasteiger partial charge is 0.458 e. The number of hydrogen-bond acceptors (Lipinski definition) is 7. The van der Waals surface area contributed by atoms with Crippen LogP contribution < -0.4 is 5.32 Å². The van der Waals surface area contributed by atoms with Gasteiger partial charge in [-0.1, -0.05) is 25.1 Å². The SMILES string of the molecule is CC[C@@]1(O)C(=O)OCC2=C1CC1=C(C2=O)N2Cc3c(cccc3CC[Si](C)(C)O)C=C2N1. The van der Waals surface area contributed by atoms with Gasteiger partial charge in [0.2, 0.25) is 5.78 Å². The van der Waals surface area contributed by atoms with Gasteiger partial charge in [-0.3, -0.25) is 4.79 Å². The van der Waals surface area contributed by atoms with Crippen molar-refractivity contribution >= 4 is 26.1 Å². The Morgan fingerprint density at radius 1 is 1.28 bits per heavy atom. The Morgan fingerprint density at radius 2 is 2.06 bits per heavy atom. The minimum absolute atomic E-state index is 0.100. The van der Waals surface area contributed by atoms with Crippen molar-refractivity contribution in [1.82, 2.24) is 10.2 Å². The van der Waals surface area contributed by atoms with Crippen molar-refractivity contribution in [2.24, 2.45) is 0 Å². The number of allylic oxidation sites excluding steroid dienone is 2. The fourth-order valence-corrected chi connectivity index (χ4v) is 5.92. The van der Waals surface area contributed by atoms with E-state index in [0.29, 0.717) is 29.8 Å². The number of nitrogens with one attached hydrogen (secondary N) is 1. The van der Waals surface area contributed by atoms with Gasteiger partial charge in [0.25, 0.3) is 0 Å². The average Bonchev–Trinajstić information content (AvgIpc) is 3.10. The number of carbonyl (C=O) groups excluding carboxylic acids is 2. The molecule has 0 bridgehead atoms. The number of ketones is 1. The van der Waals surface area contributed by atoms with Gasteiger partial charge in [-0.25, -0.2) is 4.79 Å². The van der Waals surface area contributed by atoms with Gasteiger partial charge in [-0.2, -0.15) is 0 Å². The highest BCUT2D eigenvalue weighted by Crippen LogP contribution is 2.44. The summed E-state index contributed by atoms with van der Waals surface area (Å²) < 4.78 is 5.18. The molecule has 4 aliphatic rings. The summed E-state index contributed by atoms with van der Waals surface area (Å²) in [5.41, 5.74) is 3.85. The Hall–Kier alpha value is -2.68. The van der Waals surface area contributed by atoms with Gasteiger partial charge < -0.3 is 24.9 Å². The summed E-state index contributed by atoms with van der Waals surface area (Å²) in [4.78, 5) is 38.1. The molecule has 3 N–H and O–H groups in total. The summed E-state index contributed by atoms with van der Waals surface area (Å²) in [6, 6.07) is 6.98. The van der Waals surface area contributed by atoms with Gasteiger partial charge in [-0.05, 0) is 60.3 Å². The first-order valence-corrected chi connectivity index (χ1v) is 14.3. The number of ether oxygens (including phenoxy) is 1. The van der Waals surface area contributed by atoms with Crippen molar-refractivity contribution in [3.8, 4) is 0 Å². The second-order valence-corrected chi connectivity index (χ2v) is 13.7. The highest BCUT2D eigenvalue weighted by Gasteiger charge is 2.50. The molecule has 0 aromatic heterocycles. The minimum atomic E-state index is -2.17. The molecule has 5 rings (SSSR count). The summed E-state index contributed by atoms with van der Waals surface area (Å²) in [6.07, 6.45) is 3.32. The predicted molar refractivity (Wildman–Crippen MR) is 121 cm³/mol. The maximum atomic E-state index is 13.5. The molecule has 7 nitrogen and oxygen atoms in total. The number of rotatable bonds is 4. The number of cyclic esters (lactones) is 1. The first kappa shape index (κ1) is 21.2. The number of benzene rings is 1. The van der Waals surface area contributed by atoms with Gasteiger partial charge in [0.15, 0.2) is 13.9 Å². The molecule has 0 fully saturated rings. The molecular formula is C24H28N2O5Si. The number of hydrogen-bond donors (Lipinski definition) is 3. The molecule has 1 aliphatic carbocycles. The van der Waals surface area contributed by atoms with E-state index in [9.17, 15) is 19.5 Å². The summed E-state index contributed by atoms with van der Waals surface area (Å²) in [6.45, 7) is 6.07. The lowest BCUT2D eigenvalue weighted by Gasteiger charge is -2.36. The summed E-state index contributed by atoms with van der Waals surface area (Å²) in [5.74, 6) is -0.0451. The predicted octanol–water partition coefficient (Wildman–Crippen LogP) is 2.32. The van der Waals surface area contributed by atoms with Crippen LogP contribution in [-0.2, 0) is 27.3 Å². The number of aliphatic hydroxyl groups is 1. The summed E-state index contributed by atoms with van der Waals surface area (Å²) in [7, 11) is -2.17. The van der Waals surface area contributed by atoms with E-state index in [2.05, 4.69) is 17.4 Å². The maximum absolute atomic E-state index is 13.5. The number of esters is 1. The normalized spacial score (nSPS) is 24.4. The van der Waals surface area contributed by atoms with Crippen LogP contribution in [0, 0.1) is 0 Å². The maximum Gasteiger partial charge on any atom is 0.342 e. The highest BCUT2D eigenvalue weighted by atomic mass is 28.4. The Morgan fingerprint density at radius 3 is 2.78 bits per heavy atom. The third-order valence-electron chi connectivity index (χ3n) is 6.95. The molecule has 168 valence electrons. The highest BCUT2D eigenvalue weighted by molar-refractivity contribution is 6.69. The van der Waals surface area contributed by atoms with Crippen molar-refractivity contribution in [2.45, 2.75) is 57.5 Å². The van der Waals surface area contributed by atoms with E-state index in [-0.39, 0.29) is 18.8 Å². The lowest BCUT2D eigenvalue weighted by atomic mass is 9.78. The zero-order chi connectivity index (χ0) is 22.8. The summed E-state index contributed by atoms with van der Waals surface area (Å²) in [5, 5.41) is 14.3. The quantitative estimate of drug-likeness (QED) is 0.476. The third kappa shape index (κ3) is 3.16. The Labute approximate surface area is 188 Å². The van der Waals surface area contributed by atoms with Gasteiger partial charge in [-0.15, -0.1) is 0 Å². The molecule has 0 unspecified atom stereocenters. The van der Waals surface area contributed by atoms with Crippen molar-refractivity contribution < 1.29 is 24.2 Å². The first-order valence-electron chi connectivity index (χ1n) is 11.1. The standard InChI is InChI=1S/C24H28N2O5Si/c1-4-24(29)18-11-19-21(22(27)17(18)13-31-23(24)28)26-12-16-14(8-9-32(2,3)30)6-5-7-15(16)10-20(26)25-19/h5-7,10,25,29-30H,4,8-9,11-13H2,1-3H3/t24-/m0/s1. The smallest absolute Gasteiger partial charge is 0.342 e. The fraction of sp³-hybridized carbons (Fsp3) is 0.417. The number of nitrogens with zero attached hydrogens (tertiary/aromatic N) is 1. The van der Waals surface area contributed by atoms with Crippen molar-refractivity contribution in [3.05, 3.63) is 63.3 Å². The zero-order valence-electron chi connectivity index (χ0n) is 18.6. The molecule has 0 radical (unpaired) electrons. The Bertz CT molecular complexity index is 1140. The van der Waals surface area contributed by atoms with E-state index in [1.165, 1.54) is 5.56 Å². The number of Topliss-reactive ketones (excluding diaryl/α,β-unsaturated/α-hetero) is 1. The Kier molecular flexibility index (Phi) is 4.74. The molecule has 0 spiro atoms. The molecule has 0 saturated carbocycles. The molecule has 3 aliphatic heterocycles. The van der Waals surface area contributed by atoms with E-state index >= 15 is 0 Å². The third-order valence-corrected chi connectivity index (χ3v) is 8.43. The second kappa shape index (κ2) is 7.16. The van der Waals surface area contributed by atoms with Gasteiger partial charge in [0.1, 0.15) is 18.1 Å². The minimum Gasteiger partial charge on any atom is -0.458 e. The number of aryl methyl sites for hydroxylation is 1. The van der Waals surface area contributed by atoms with Crippen molar-refractivity contribution in [2.75, 3.05) is 6.61 Å². The van der Waals surface area contributed by atoms with Crippen LogP contribution in [-0.4, -0.2) is 47.1 Å². The van der Waals surface area contributed by atoms with Gasteiger partial charge in [0.05, 0.1) is 6.54 Å². The van der Waals surface area contributed by atoms with Crippen LogP contribution in [0.4, 0.5) is 0 Å². The van der Waals surface area contributed by atoms with Crippen LogP contribution in [0.15, 0.2) is 46.6 Å². The molecule has 1 aromatic carbocycles. The van der Waals surface area contributed by atoms with Crippen molar-refractivity contribution in [3.63, 3.8) is 0 Å². The molecule has 0 amide bonds.